The average Bonchev–Trinajstić information content (AvgIpc) is 3.30. The second-order valence-electron chi connectivity index (χ2n) is 10.7. The lowest BCUT2D eigenvalue weighted by molar-refractivity contribution is -0.136. The number of hydrogen-bond acceptors (Lipinski definition) is 8. The number of para-hydroxylation sites is 1. The van der Waals surface area contributed by atoms with E-state index in [0.717, 1.165) is 33.5 Å². The standard InChI is InChI=1S/C34H36N4O6S/c1-4-43-29-19-25(11-13-28(29)44-22-31(39)35-26-12-10-23(2)24(3)18-26)20-30-33(41)38(34(42)45-30)21-32(40)37-16-14-36(15-17-37)27-8-6-5-7-9-27/h5-13,18-20H,4,14-17,21-22H2,1-3H3,(H,35,39)/b30-20+. The summed E-state index contributed by atoms with van der Waals surface area (Å²) in [5.41, 5.74) is 4.61. The normalized spacial score (nSPS) is 15.9. The zero-order valence-electron chi connectivity index (χ0n) is 25.6. The molecular formula is C34H36N4O6S. The Morgan fingerprint density at radius 3 is 2.36 bits per heavy atom. The molecule has 2 aliphatic heterocycles. The minimum atomic E-state index is -0.512. The zero-order chi connectivity index (χ0) is 31.9. The maximum absolute atomic E-state index is 13.2. The van der Waals surface area contributed by atoms with E-state index in [1.54, 1.807) is 29.2 Å². The van der Waals surface area contributed by atoms with E-state index in [1.165, 1.54) is 0 Å². The van der Waals surface area contributed by atoms with Gasteiger partial charge >= 0.3 is 0 Å². The van der Waals surface area contributed by atoms with Crippen LogP contribution >= 0.6 is 11.8 Å². The molecule has 0 radical (unpaired) electrons. The third kappa shape index (κ3) is 7.85. The van der Waals surface area contributed by atoms with Crippen LogP contribution in [0.5, 0.6) is 11.5 Å². The Balaban J connectivity index is 1.18. The van der Waals surface area contributed by atoms with E-state index in [9.17, 15) is 19.2 Å². The van der Waals surface area contributed by atoms with Crippen LogP contribution in [0, 0.1) is 13.8 Å². The molecule has 11 heteroatoms. The van der Waals surface area contributed by atoms with Gasteiger partial charge in [0.25, 0.3) is 17.1 Å². The highest BCUT2D eigenvalue weighted by Crippen LogP contribution is 2.35. The first-order chi connectivity index (χ1) is 21.7. The largest absolute Gasteiger partial charge is 0.490 e. The van der Waals surface area contributed by atoms with E-state index < -0.39 is 11.1 Å². The van der Waals surface area contributed by atoms with Gasteiger partial charge in [-0.1, -0.05) is 30.3 Å². The molecule has 2 heterocycles. The topological polar surface area (TPSA) is 108 Å². The quantitative estimate of drug-likeness (QED) is 0.309. The maximum Gasteiger partial charge on any atom is 0.294 e. The summed E-state index contributed by atoms with van der Waals surface area (Å²) in [5.74, 6) is -0.314. The van der Waals surface area contributed by atoms with Gasteiger partial charge in [-0.25, -0.2) is 0 Å². The van der Waals surface area contributed by atoms with Crippen LogP contribution in [0.2, 0.25) is 0 Å². The summed E-state index contributed by atoms with van der Waals surface area (Å²) in [7, 11) is 0. The summed E-state index contributed by atoms with van der Waals surface area (Å²) in [6.07, 6.45) is 1.59. The SMILES string of the molecule is CCOc1cc(/C=C2/SC(=O)N(CC(=O)N3CCN(c4ccccc4)CC3)C2=O)ccc1OCC(=O)Nc1ccc(C)c(C)c1. The molecule has 45 heavy (non-hydrogen) atoms. The second-order valence-corrected chi connectivity index (χ2v) is 11.7. The van der Waals surface area contributed by atoms with Gasteiger partial charge in [0.2, 0.25) is 5.91 Å². The number of hydrogen-bond donors (Lipinski definition) is 1. The molecule has 3 aromatic carbocycles. The van der Waals surface area contributed by atoms with Crippen LogP contribution in [0.25, 0.3) is 6.08 Å². The Labute approximate surface area is 267 Å². The summed E-state index contributed by atoms with van der Waals surface area (Å²) in [4.78, 5) is 56.5. The highest BCUT2D eigenvalue weighted by atomic mass is 32.2. The van der Waals surface area contributed by atoms with Crippen molar-refractivity contribution >= 4 is 52.2 Å². The average molecular weight is 629 g/mol. The van der Waals surface area contributed by atoms with Gasteiger partial charge in [-0.05, 0) is 91.7 Å². The Hall–Kier alpha value is -4.77. The minimum Gasteiger partial charge on any atom is -0.490 e. The van der Waals surface area contributed by atoms with E-state index in [-0.39, 0.29) is 29.9 Å². The Bertz CT molecular complexity index is 1620. The lowest BCUT2D eigenvalue weighted by Crippen LogP contribution is -2.51. The van der Waals surface area contributed by atoms with Gasteiger partial charge in [0.05, 0.1) is 11.5 Å². The molecule has 0 saturated carbocycles. The molecule has 10 nitrogen and oxygen atoms in total. The third-order valence-corrected chi connectivity index (χ3v) is 8.54. The van der Waals surface area contributed by atoms with Crippen LogP contribution in [0.1, 0.15) is 23.6 Å². The number of amides is 4. The first-order valence-corrected chi connectivity index (χ1v) is 15.6. The smallest absolute Gasteiger partial charge is 0.294 e. The van der Waals surface area contributed by atoms with E-state index >= 15 is 0 Å². The molecule has 0 aromatic heterocycles. The van der Waals surface area contributed by atoms with Gasteiger partial charge in [-0.2, -0.15) is 0 Å². The molecule has 0 spiro atoms. The molecule has 5 rings (SSSR count). The van der Waals surface area contributed by atoms with Crippen molar-refractivity contribution in [1.82, 2.24) is 9.80 Å². The van der Waals surface area contributed by atoms with Crippen molar-refractivity contribution in [3.8, 4) is 11.5 Å². The lowest BCUT2D eigenvalue weighted by Gasteiger charge is -2.36. The first kappa shape index (κ1) is 31.6. The van der Waals surface area contributed by atoms with Crippen molar-refractivity contribution in [2.45, 2.75) is 20.8 Å². The number of imide groups is 1. The number of thioether (sulfide) groups is 1. The van der Waals surface area contributed by atoms with Gasteiger partial charge in [0, 0.05) is 37.6 Å². The first-order valence-electron chi connectivity index (χ1n) is 14.8. The molecule has 0 aliphatic carbocycles. The lowest BCUT2D eigenvalue weighted by atomic mass is 10.1. The van der Waals surface area contributed by atoms with Crippen LogP contribution in [-0.4, -0.2) is 78.7 Å². The molecular weight excluding hydrogens is 592 g/mol. The fourth-order valence-electron chi connectivity index (χ4n) is 5.04. The highest BCUT2D eigenvalue weighted by molar-refractivity contribution is 8.18. The van der Waals surface area contributed by atoms with Crippen LogP contribution in [0.4, 0.5) is 16.2 Å². The number of carbonyl (C=O) groups is 4. The summed E-state index contributed by atoms with van der Waals surface area (Å²) in [5, 5.41) is 2.34. The van der Waals surface area contributed by atoms with E-state index in [2.05, 4.69) is 10.2 Å². The number of rotatable bonds is 10. The summed E-state index contributed by atoms with van der Waals surface area (Å²) >= 11 is 0.798. The van der Waals surface area contributed by atoms with Crippen molar-refractivity contribution in [2.24, 2.45) is 0 Å². The highest BCUT2D eigenvalue weighted by Gasteiger charge is 2.37. The molecule has 3 aromatic rings. The second kappa shape index (κ2) is 14.3. The molecule has 2 fully saturated rings. The summed E-state index contributed by atoms with van der Waals surface area (Å²) in [6.45, 7) is 8.03. The van der Waals surface area contributed by atoms with Crippen molar-refractivity contribution in [3.63, 3.8) is 0 Å². The Morgan fingerprint density at radius 1 is 0.889 bits per heavy atom. The number of anilines is 2. The number of nitrogens with one attached hydrogen (secondary N) is 1. The number of ether oxygens (including phenoxy) is 2. The van der Waals surface area contributed by atoms with Gasteiger partial charge in [0.1, 0.15) is 6.54 Å². The molecule has 0 atom stereocenters. The number of carbonyl (C=O) groups excluding carboxylic acids is 4. The van der Waals surface area contributed by atoms with Gasteiger partial charge in [-0.15, -0.1) is 0 Å². The minimum absolute atomic E-state index is 0.214. The van der Waals surface area contributed by atoms with Crippen LogP contribution in [-0.2, 0) is 14.4 Å². The predicted molar refractivity (Wildman–Crippen MR) is 176 cm³/mol. The monoisotopic (exact) mass is 628 g/mol. The van der Waals surface area contributed by atoms with Crippen LogP contribution < -0.4 is 19.7 Å². The van der Waals surface area contributed by atoms with Gasteiger partial charge in [0.15, 0.2) is 18.1 Å². The summed E-state index contributed by atoms with van der Waals surface area (Å²) < 4.78 is 11.5. The molecule has 0 unspecified atom stereocenters. The number of benzene rings is 3. The number of piperazine rings is 1. The molecule has 2 saturated heterocycles. The fraction of sp³-hybridized carbons (Fsp3) is 0.294. The van der Waals surface area contributed by atoms with Gasteiger partial charge in [-0.3, -0.25) is 24.1 Å². The van der Waals surface area contributed by atoms with Gasteiger partial charge < -0.3 is 24.6 Å². The zero-order valence-corrected chi connectivity index (χ0v) is 26.4. The maximum atomic E-state index is 13.2. The van der Waals surface area contributed by atoms with E-state index in [4.69, 9.17) is 9.47 Å². The number of nitrogens with zero attached hydrogens (tertiary/aromatic N) is 3. The fourth-order valence-corrected chi connectivity index (χ4v) is 5.88. The van der Waals surface area contributed by atoms with Crippen LogP contribution in [0.15, 0.2) is 71.6 Å². The molecule has 234 valence electrons. The Morgan fingerprint density at radius 2 is 1.64 bits per heavy atom. The summed E-state index contributed by atoms with van der Waals surface area (Å²) in [6, 6.07) is 20.7. The van der Waals surface area contributed by atoms with Crippen molar-refractivity contribution in [2.75, 3.05) is 56.2 Å². The van der Waals surface area contributed by atoms with E-state index in [1.807, 2.05) is 69.3 Å². The molecule has 1 N–H and O–H groups in total. The van der Waals surface area contributed by atoms with Crippen molar-refractivity contribution in [3.05, 3.63) is 88.3 Å². The van der Waals surface area contributed by atoms with Crippen LogP contribution in [0.3, 0.4) is 0 Å². The van der Waals surface area contributed by atoms with Crippen molar-refractivity contribution in [1.29, 1.82) is 0 Å². The molecule has 0 bridgehead atoms. The third-order valence-electron chi connectivity index (χ3n) is 7.64. The molecule has 2 aliphatic rings. The van der Waals surface area contributed by atoms with Crippen molar-refractivity contribution < 1.29 is 28.7 Å². The predicted octanol–water partition coefficient (Wildman–Crippen LogP) is 5.10. The van der Waals surface area contributed by atoms with E-state index in [0.29, 0.717) is 55.5 Å². The number of aryl methyl sites for hydroxylation is 2. The Kier molecular flexibility index (Phi) is 10.1. The molecule has 4 amide bonds.